The highest BCUT2D eigenvalue weighted by Crippen LogP contribution is 2.24. The Balaban J connectivity index is 2.08. The summed E-state index contributed by atoms with van der Waals surface area (Å²) in [5.41, 5.74) is 12.4. The van der Waals surface area contributed by atoms with Gasteiger partial charge in [-0.2, -0.15) is 9.61 Å². The van der Waals surface area contributed by atoms with E-state index in [1.54, 1.807) is 12.3 Å². The van der Waals surface area contributed by atoms with Crippen LogP contribution in [0.25, 0.3) is 5.65 Å². The monoisotopic (exact) mass is 252 g/mol. The predicted molar refractivity (Wildman–Crippen MR) is 67.2 cm³/mol. The molecule has 2 aromatic heterocycles. The maximum Gasteiger partial charge on any atom is 0.178 e. The van der Waals surface area contributed by atoms with Crippen LogP contribution < -0.4 is 16.4 Å². The zero-order valence-electron chi connectivity index (χ0n) is 9.17. The quantitative estimate of drug-likeness (QED) is 0.772. The van der Waals surface area contributed by atoms with Crippen molar-refractivity contribution in [3.8, 4) is 0 Å². The first-order valence-electron chi connectivity index (χ1n) is 5.45. The molecule has 90 valence electrons. The summed E-state index contributed by atoms with van der Waals surface area (Å²) in [5.74, 6) is 1.34. The molecule has 6 nitrogen and oxygen atoms in total. The number of hydrogen-bond donors (Lipinski definition) is 2. The van der Waals surface area contributed by atoms with Crippen LogP contribution in [0, 0.1) is 0 Å². The number of hydrogen-bond acceptors (Lipinski definition) is 5. The fraction of sp³-hybridized carbons (Fsp3) is 0.400. The molecule has 4 N–H and O–H groups in total. The first kappa shape index (κ1) is 10.6. The number of fused-ring (bicyclic) bond motifs is 1. The van der Waals surface area contributed by atoms with Crippen LogP contribution >= 0.6 is 11.6 Å². The lowest BCUT2D eigenvalue weighted by atomic mass is 10.3. The Kier molecular flexibility index (Phi) is 2.34. The van der Waals surface area contributed by atoms with Crippen molar-refractivity contribution < 1.29 is 0 Å². The van der Waals surface area contributed by atoms with Crippen LogP contribution in [0.2, 0.25) is 5.02 Å². The second-order valence-electron chi connectivity index (χ2n) is 4.26. The van der Waals surface area contributed by atoms with E-state index in [1.165, 1.54) is 4.52 Å². The second kappa shape index (κ2) is 3.75. The summed E-state index contributed by atoms with van der Waals surface area (Å²) in [7, 11) is 0. The molecular weight excluding hydrogens is 240 g/mol. The third-order valence-corrected chi connectivity index (χ3v) is 3.26. The van der Waals surface area contributed by atoms with Gasteiger partial charge in [-0.15, -0.1) is 0 Å². The zero-order chi connectivity index (χ0) is 12.0. The van der Waals surface area contributed by atoms with Gasteiger partial charge in [-0.3, -0.25) is 0 Å². The van der Waals surface area contributed by atoms with Gasteiger partial charge in [0.25, 0.3) is 0 Å². The molecule has 1 fully saturated rings. The van der Waals surface area contributed by atoms with E-state index in [2.05, 4.69) is 15.0 Å². The van der Waals surface area contributed by atoms with E-state index in [0.29, 0.717) is 16.5 Å². The molecule has 3 rings (SSSR count). The van der Waals surface area contributed by atoms with Crippen LogP contribution in [0.3, 0.4) is 0 Å². The molecular formula is C10H13ClN6. The molecule has 2 aromatic rings. The van der Waals surface area contributed by atoms with Crippen molar-refractivity contribution in [2.24, 2.45) is 5.73 Å². The summed E-state index contributed by atoms with van der Waals surface area (Å²) in [5, 5.41) is 4.56. The molecule has 0 bridgehead atoms. The Morgan fingerprint density at radius 1 is 1.47 bits per heavy atom. The summed E-state index contributed by atoms with van der Waals surface area (Å²) < 4.78 is 1.53. The fourth-order valence-electron chi connectivity index (χ4n) is 2.10. The molecule has 1 aliphatic heterocycles. The third kappa shape index (κ3) is 1.69. The average molecular weight is 253 g/mol. The van der Waals surface area contributed by atoms with Gasteiger partial charge in [-0.25, -0.2) is 4.98 Å². The fourth-order valence-corrected chi connectivity index (χ4v) is 2.27. The number of nitrogens with zero attached hydrogens (tertiary/aromatic N) is 4. The Labute approximate surface area is 103 Å². The van der Waals surface area contributed by atoms with Gasteiger partial charge in [0, 0.05) is 25.2 Å². The molecule has 0 aromatic carbocycles. The molecule has 0 unspecified atom stereocenters. The molecule has 1 atom stereocenters. The number of anilines is 2. The number of nitrogen functional groups attached to an aromatic ring is 1. The van der Waals surface area contributed by atoms with Crippen molar-refractivity contribution in [1.29, 1.82) is 0 Å². The van der Waals surface area contributed by atoms with Crippen LogP contribution in [0.5, 0.6) is 0 Å². The highest BCUT2D eigenvalue weighted by atomic mass is 35.5. The maximum absolute atomic E-state index is 6.01. The Morgan fingerprint density at radius 2 is 2.29 bits per heavy atom. The highest BCUT2D eigenvalue weighted by Gasteiger charge is 2.21. The van der Waals surface area contributed by atoms with Crippen molar-refractivity contribution in [3.63, 3.8) is 0 Å². The van der Waals surface area contributed by atoms with E-state index >= 15 is 0 Å². The van der Waals surface area contributed by atoms with E-state index in [9.17, 15) is 0 Å². The van der Waals surface area contributed by atoms with E-state index in [-0.39, 0.29) is 6.04 Å². The molecule has 1 saturated heterocycles. The number of halogens is 1. The van der Waals surface area contributed by atoms with Crippen molar-refractivity contribution in [2.75, 3.05) is 23.7 Å². The van der Waals surface area contributed by atoms with Gasteiger partial charge < -0.3 is 16.4 Å². The summed E-state index contributed by atoms with van der Waals surface area (Å²) >= 11 is 6.01. The van der Waals surface area contributed by atoms with E-state index in [4.69, 9.17) is 23.1 Å². The van der Waals surface area contributed by atoms with Gasteiger partial charge in [-0.1, -0.05) is 11.6 Å². The standard InChI is InChI=1S/C10H13ClN6/c11-7-4-14-17-8(13)3-9(15-10(7)17)16-2-1-6(12)5-16/h3-4,6H,1-2,5,12-13H2/t6-/m0/s1. The number of rotatable bonds is 1. The molecule has 0 spiro atoms. The van der Waals surface area contributed by atoms with Gasteiger partial charge in [0.05, 0.1) is 6.20 Å². The largest absolute Gasteiger partial charge is 0.383 e. The Hall–Kier alpha value is -1.53. The molecule has 0 saturated carbocycles. The molecule has 0 aliphatic carbocycles. The van der Waals surface area contributed by atoms with Crippen LogP contribution in [0.4, 0.5) is 11.6 Å². The summed E-state index contributed by atoms with van der Waals surface area (Å²) in [6.45, 7) is 1.70. The Bertz CT molecular complexity index is 565. The second-order valence-corrected chi connectivity index (χ2v) is 4.67. The first-order valence-corrected chi connectivity index (χ1v) is 5.83. The van der Waals surface area contributed by atoms with Gasteiger partial charge in [0.15, 0.2) is 5.65 Å². The molecule has 17 heavy (non-hydrogen) atoms. The van der Waals surface area contributed by atoms with Crippen molar-refractivity contribution in [2.45, 2.75) is 12.5 Å². The van der Waals surface area contributed by atoms with E-state index in [1.807, 2.05) is 0 Å². The number of aromatic nitrogens is 3. The van der Waals surface area contributed by atoms with E-state index in [0.717, 1.165) is 25.3 Å². The predicted octanol–water partition coefficient (Wildman–Crippen LogP) is 0.502. The number of nitrogens with two attached hydrogens (primary N) is 2. The van der Waals surface area contributed by atoms with Crippen molar-refractivity contribution in [1.82, 2.24) is 14.6 Å². The van der Waals surface area contributed by atoms with Crippen molar-refractivity contribution in [3.05, 3.63) is 17.3 Å². The van der Waals surface area contributed by atoms with Crippen LogP contribution in [0.15, 0.2) is 12.3 Å². The van der Waals surface area contributed by atoms with Crippen LogP contribution in [-0.4, -0.2) is 33.7 Å². The average Bonchev–Trinajstić information content (AvgIpc) is 2.87. The van der Waals surface area contributed by atoms with Gasteiger partial charge >= 0.3 is 0 Å². The maximum atomic E-state index is 6.01. The minimum atomic E-state index is 0.203. The van der Waals surface area contributed by atoms with Crippen molar-refractivity contribution >= 4 is 28.9 Å². The normalized spacial score (nSPS) is 20.4. The summed E-state index contributed by atoms with van der Waals surface area (Å²) in [6.07, 6.45) is 2.51. The minimum Gasteiger partial charge on any atom is -0.383 e. The topological polar surface area (TPSA) is 85.5 Å². The minimum absolute atomic E-state index is 0.203. The Morgan fingerprint density at radius 3 is 3.00 bits per heavy atom. The van der Waals surface area contributed by atoms with Gasteiger partial charge in [-0.05, 0) is 6.42 Å². The molecule has 7 heteroatoms. The van der Waals surface area contributed by atoms with Gasteiger partial charge in [0.2, 0.25) is 0 Å². The summed E-state index contributed by atoms with van der Waals surface area (Å²) in [6, 6.07) is 2.00. The molecule has 3 heterocycles. The highest BCUT2D eigenvalue weighted by molar-refractivity contribution is 6.33. The summed E-state index contributed by atoms with van der Waals surface area (Å²) in [4.78, 5) is 6.59. The SMILES string of the molecule is Nc1cc(N2CC[C@H](N)C2)nc2c(Cl)cnn12. The van der Waals surface area contributed by atoms with E-state index < -0.39 is 0 Å². The molecule has 0 amide bonds. The zero-order valence-corrected chi connectivity index (χ0v) is 9.93. The molecule has 0 radical (unpaired) electrons. The lowest BCUT2D eigenvalue weighted by Crippen LogP contribution is -2.27. The van der Waals surface area contributed by atoms with Crippen LogP contribution in [0.1, 0.15) is 6.42 Å². The first-order chi connectivity index (χ1) is 8.15. The lowest BCUT2D eigenvalue weighted by molar-refractivity contribution is 0.751. The van der Waals surface area contributed by atoms with Gasteiger partial charge in [0.1, 0.15) is 16.7 Å². The third-order valence-electron chi connectivity index (χ3n) is 2.99. The lowest BCUT2D eigenvalue weighted by Gasteiger charge is -2.17. The smallest absolute Gasteiger partial charge is 0.178 e. The molecule has 1 aliphatic rings. The van der Waals surface area contributed by atoms with Crippen LogP contribution in [-0.2, 0) is 0 Å².